The molecule has 94 valence electrons. The molecular formula is C12H18N2O3. The molecule has 0 aliphatic rings. The molecule has 0 unspecified atom stereocenters. The predicted molar refractivity (Wildman–Crippen MR) is 67.4 cm³/mol. The molecule has 1 aromatic carbocycles. The van der Waals surface area contributed by atoms with E-state index in [-0.39, 0.29) is 10.6 Å². The minimum atomic E-state index is -0.364. The molecule has 0 atom stereocenters. The monoisotopic (exact) mass is 238 g/mol. The summed E-state index contributed by atoms with van der Waals surface area (Å²) in [7, 11) is 1.67. The second kappa shape index (κ2) is 6.85. The van der Waals surface area contributed by atoms with Crippen LogP contribution in [0.3, 0.4) is 0 Å². The Labute approximate surface area is 101 Å². The highest BCUT2D eigenvalue weighted by Crippen LogP contribution is 2.25. The number of aryl methyl sites for hydroxylation is 1. The third-order valence-corrected chi connectivity index (χ3v) is 2.44. The SMILES string of the molecule is COCCCCNc1cc(C)ccc1[N+](=O)[O-]. The van der Waals surface area contributed by atoms with Crippen LogP contribution in [-0.4, -0.2) is 25.2 Å². The molecule has 0 saturated heterocycles. The molecule has 0 spiro atoms. The fourth-order valence-corrected chi connectivity index (χ4v) is 1.55. The summed E-state index contributed by atoms with van der Waals surface area (Å²) >= 11 is 0. The molecule has 1 rings (SSSR count). The summed E-state index contributed by atoms with van der Waals surface area (Å²) in [5, 5.41) is 13.9. The van der Waals surface area contributed by atoms with Crippen LogP contribution in [0.1, 0.15) is 18.4 Å². The van der Waals surface area contributed by atoms with Gasteiger partial charge in [0, 0.05) is 26.3 Å². The lowest BCUT2D eigenvalue weighted by Crippen LogP contribution is -2.05. The third-order valence-electron chi connectivity index (χ3n) is 2.44. The van der Waals surface area contributed by atoms with Gasteiger partial charge < -0.3 is 10.1 Å². The molecule has 0 bridgehead atoms. The van der Waals surface area contributed by atoms with E-state index < -0.39 is 0 Å². The van der Waals surface area contributed by atoms with E-state index in [4.69, 9.17) is 4.74 Å². The Balaban J connectivity index is 2.56. The smallest absolute Gasteiger partial charge is 0.292 e. The summed E-state index contributed by atoms with van der Waals surface area (Å²) in [5.41, 5.74) is 1.73. The van der Waals surface area contributed by atoms with Crippen molar-refractivity contribution in [3.8, 4) is 0 Å². The van der Waals surface area contributed by atoms with E-state index in [1.165, 1.54) is 6.07 Å². The average molecular weight is 238 g/mol. The number of nitrogens with zero attached hydrogens (tertiary/aromatic N) is 1. The van der Waals surface area contributed by atoms with Crippen molar-refractivity contribution >= 4 is 11.4 Å². The normalized spacial score (nSPS) is 10.2. The number of nitro groups is 1. The van der Waals surface area contributed by atoms with Gasteiger partial charge in [0.15, 0.2) is 0 Å². The van der Waals surface area contributed by atoms with E-state index in [1.807, 2.05) is 6.92 Å². The van der Waals surface area contributed by atoms with Crippen molar-refractivity contribution in [2.45, 2.75) is 19.8 Å². The second-order valence-electron chi connectivity index (χ2n) is 3.90. The van der Waals surface area contributed by atoms with E-state index in [0.29, 0.717) is 12.2 Å². The zero-order valence-corrected chi connectivity index (χ0v) is 10.2. The van der Waals surface area contributed by atoms with Gasteiger partial charge in [-0.05, 0) is 31.4 Å². The van der Waals surface area contributed by atoms with Crippen molar-refractivity contribution in [3.63, 3.8) is 0 Å². The van der Waals surface area contributed by atoms with Crippen LogP contribution in [0.5, 0.6) is 0 Å². The van der Waals surface area contributed by atoms with Gasteiger partial charge in [0.25, 0.3) is 5.69 Å². The number of hydrogen-bond acceptors (Lipinski definition) is 4. The van der Waals surface area contributed by atoms with Gasteiger partial charge in [-0.25, -0.2) is 0 Å². The number of ether oxygens (including phenoxy) is 1. The molecule has 5 heteroatoms. The highest BCUT2D eigenvalue weighted by Gasteiger charge is 2.12. The Morgan fingerprint density at radius 2 is 2.18 bits per heavy atom. The molecule has 0 aromatic heterocycles. The average Bonchev–Trinajstić information content (AvgIpc) is 2.28. The van der Waals surface area contributed by atoms with Gasteiger partial charge >= 0.3 is 0 Å². The van der Waals surface area contributed by atoms with E-state index >= 15 is 0 Å². The van der Waals surface area contributed by atoms with E-state index in [0.717, 1.165) is 25.0 Å². The van der Waals surface area contributed by atoms with Crippen LogP contribution < -0.4 is 5.32 Å². The molecule has 0 saturated carbocycles. The molecule has 0 aliphatic heterocycles. The third kappa shape index (κ3) is 4.40. The topological polar surface area (TPSA) is 64.4 Å². The van der Waals surface area contributed by atoms with Gasteiger partial charge in [-0.3, -0.25) is 10.1 Å². The first-order valence-corrected chi connectivity index (χ1v) is 5.63. The number of anilines is 1. The summed E-state index contributed by atoms with van der Waals surface area (Å²) < 4.78 is 4.94. The first kappa shape index (κ1) is 13.4. The van der Waals surface area contributed by atoms with Crippen molar-refractivity contribution in [2.24, 2.45) is 0 Å². The molecular weight excluding hydrogens is 220 g/mol. The minimum absolute atomic E-state index is 0.127. The van der Waals surface area contributed by atoms with Gasteiger partial charge in [0.2, 0.25) is 0 Å². The summed E-state index contributed by atoms with van der Waals surface area (Å²) in [6.45, 7) is 3.35. The Hall–Kier alpha value is -1.62. The molecule has 17 heavy (non-hydrogen) atoms. The molecule has 0 fully saturated rings. The number of hydrogen-bond donors (Lipinski definition) is 1. The number of nitrogens with one attached hydrogen (secondary N) is 1. The quantitative estimate of drug-likeness (QED) is 0.450. The molecule has 0 radical (unpaired) electrons. The maximum Gasteiger partial charge on any atom is 0.292 e. The summed E-state index contributed by atoms with van der Waals surface area (Å²) in [6.07, 6.45) is 1.88. The summed E-state index contributed by atoms with van der Waals surface area (Å²) in [4.78, 5) is 10.4. The minimum Gasteiger partial charge on any atom is -0.385 e. The van der Waals surface area contributed by atoms with Gasteiger partial charge in [0.1, 0.15) is 5.69 Å². The second-order valence-corrected chi connectivity index (χ2v) is 3.90. The Kier molecular flexibility index (Phi) is 5.42. The largest absolute Gasteiger partial charge is 0.385 e. The maximum absolute atomic E-state index is 10.8. The van der Waals surface area contributed by atoms with Gasteiger partial charge in [0.05, 0.1) is 4.92 Å². The van der Waals surface area contributed by atoms with Crippen LogP contribution in [0.15, 0.2) is 18.2 Å². The van der Waals surface area contributed by atoms with Crippen molar-refractivity contribution in [2.75, 3.05) is 25.6 Å². The molecule has 1 aromatic rings. The fourth-order valence-electron chi connectivity index (χ4n) is 1.55. The first-order valence-electron chi connectivity index (χ1n) is 5.63. The van der Waals surface area contributed by atoms with Crippen molar-refractivity contribution in [3.05, 3.63) is 33.9 Å². The van der Waals surface area contributed by atoms with Crippen LogP contribution in [0.4, 0.5) is 11.4 Å². The predicted octanol–water partition coefficient (Wildman–Crippen LogP) is 2.74. The highest BCUT2D eigenvalue weighted by atomic mass is 16.6. The van der Waals surface area contributed by atoms with Gasteiger partial charge in [-0.1, -0.05) is 6.07 Å². The number of unbranched alkanes of at least 4 members (excludes halogenated alkanes) is 1. The van der Waals surface area contributed by atoms with Crippen molar-refractivity contribution in [1.82, 2.24) is 0 Å². The lowest BCUT2D eigenvalue weighted by molar-refractivity contribution is -0.384. The Bertz CT molecular complexity index is 380. The zero-order chi connectivity index (χ0) is 12.7. The first-order chi connectivity index (χ1) is 8.15. The highest BCUT2D eigenvalue weighted by molar-refractivity contribution is 5.62. The maximum atomic E-state index is 10.8. The van der Waals surface area contributed by atoms with Crippen molar-refractivity contribution in [1.29, 1.82) is 0 Å². The molecule has 0 amide bonds. The van der Waals surface area contributed by atoms with E-state index in [1.54, 1.807) is 19.2 Å². The fraction of sp³-hybridized carbons (Fsp3) is 0.500. The van der Waals surface area contributed by atoms with Crippen LogP contribution in [0.2, 0.25) is 0 Å². The van der Waals surface area contributed by atoms with Crippen LogP contribution in [-0.2, 0) is 4.74 Å². The molecule has 0 aliphatic carbocycles. The van der Waals surface area contributed by atoms with Crippen molar-refractivity contribution < 1.29 is 9.66 Å². The van der Waals surface area contributed by atoms with Crippen LogP contribution in [0, 0.1) is 17.0 Å². The zero-order valence-electron chi connectivity index (χ0n) is 10.2. The molecule has 0 heterocycles. The van der Waals surface area contributed by atoms with Crippen LogP contribution >= 0.6 is 0 Å². The lowest BCUT2D eigenvalue weighted by atomic mass is 10.2. The number of benzene rings is 1. The lowest BCUT2D eigenvalue weighted by Gasteiger charge is -2.07. The van der Waals surface area contributed by atoms with Gasteiger partial charge in [-0.15, -0.1) is 0 Å². The van der Waals surface area contributed by atoms with Crippen LogP contribution in [0.25, 0.3) is 0 Å². The van der Waals surface area contributed by atoms with E-state index in [2.05, 4.69) is 5.32 Å². The molecule has 1 N–H and O–H groups in total. The summed E-state index contributed by atoms with van der Waals surface area (Å²) in [5.74, 6) is 0. The Morgan fingerprint density at radius 3 is 2.82 bits per heavy atom. The van der Waals surface area contributed by atoms with Gasteiger partial charge in [-0.2, -0.15) is 0 Å². The number of nitro benzene ring substituents is 1. The molecule has 5 nitrogen and oxygen atoms in total. The summed E-state index contributed by atoms with van der Waals surface area (Å²) in [6, 6.07) is 5.08. The number of methoxy groups -OCH3 is 1. The number of rotatable bonds is 7. The standard InChI is InChI=1S/C12H18N2O3/c1-10-5-6-12(14(15)16)11(9-10)13-7-3-4-8-17-2/h5-6,9,13H,3-4,7-8H2,1-2H3. The Morgan fingerprint density at radius 1 is 1.41 bits per heavy atom. The van der Waals surface area contributed by atoms with E-state index in [9.17, 15) is 10.1 Å².